The Balaban J connectivity index is 1.73. The molecule has 1 N–H and O–H groups in total. The van der Waals surface area contributed by atoms with E-state index in [0.29, 0.717) is 52.1 Å². The number of benzene rings is 3. The van der Waals surface area contributed by atoms with E-state index in [4.69, 9.17) is 25.8 Å². The van der Waals surface area contributed by atoms with Crippen molar-refractivity contribution in [3.05, 3.63) is 88.2 Å². The molecule has 0 fully saturated rings. The van der Waals surface area contributed by atoms with E-state index in [1.54, 1.807) is 42.3 Å². The first-order valence-corrected chi connectivity index (χ1v) is 15.5. The number of carbonyl (C=O) groups is 2. The maximum atomic E-state index is 14.2. The second kappa shape index (κ2) is 15.1. The van der Waals surface area contributed by atoms with Crippen molar-refractivity contribution in [1.29, 1.82) is 0 Å². The van der Waals surface area contributed by atoms with Crippen molar-refractivity contribution in [2.24, 2.45) is 5.41 Å². The molecule has 45 heavy (non-hydrogen) atoms. The lowest BCUT2D eigenvalue weighted by Gasteiger charge is -2.31. The highest BCUT2D eigenvalue weighted by Gasteiger charge is 2.40. The molecule has 242 valence electrons. The van der Waals surface area contributed by atoms with E-state index in [2.05, 4.69) is 10.2 Å². The van der Waals surface area contributed by atoms with E-state index in [-0.39, 0.29) is 24.3 Å². The van der Waals surface area contributed by atoms with Crippen LogP contribution in [0.4, 0.5) is 10.1 Å². The summed E-state index contributed by atoms with van der Waals surface area (Å²) in [5.41, 5.74) is 2.01. The van der Waals surface area contributed by atoms with Crippen LogP contribution >= 0.6 is 11.6 Å². The predicted molar refractivity (Wildman–Crippen MR) is 174 cm³/mol. The second-order valence-electron chi connectivity index (χ2n) is 12.6. The molecule has 10 heteroatoms. The fourth-order valence-corrected chi connectivity index (χ4v) is 5.47. The van der Waals surface area contributed by atoms with Crippen molar-refractivity contribution in [2.75, 3.05) is 45.8 Å². The lowest BCUT2D eigenvalue weighted by Crippen LogP contribution is -2.45. The van der Waals surface area contributed by atoms with Crippen LogP contribution in [0, 0.1) is 11.2 Å². The smallest absolute Gasteiger partial charge is 0.256 e. The van der Waals surface area contributed by atoms with Gasteiger partial charge in [0.15, 0.2) is 11.5 Å². The number of hydrogen-bond donors (Lipinski definition) is 1. The Labute approximate surface area is 270 Å². The molecule has 8 nitrogen and oxygen atoms in total. The van der Waals surface area contributed by atoms with Gasteiger partial charge in [0.1, 0.15) is 18.0 Å². The summed E-state index contributed by atoms with van der Waals surface area (Å²) in [6.07, 6.45) is -1.43. The monoisotopic (exact) mass is 639 g/mol. The predicted octanol–water partition coefficient (Wildman–Crippen LogP) is 6.39. The van der Waals surface area contributed by atoms with E-state index in [1.807, 2.05) is 59.1 Å². The van der Waals surface area contributed by atoms with Crippen LogP contribution in [0.25, 0.3) is 0 Å². The number of anilines is 1. The zero-order valence-electron chi connectivity index (χ0n) is 26.9. The van der Waals surface area contributed by atoms with Crippen molar-refractivity contribution in [3.8, 4) is 11.5 Å². The number of nitrogens with zero attached hydrogens (tertiary/aromatic N) is 2. The van der Waals surface area contributed by atoms with E-state index in [9.17, 15) is 14.0 Å². The highest BCUT2D eigenvalue weighted by molar-refractivity contribution is 6.30. The number of nitrogens with one attached hydrogen (secondary N) is 1. The number of hydrogen-bond acceptors (Lipinski definition) is 6. The van der Waals surface area contributed by atoms with Crippen molar-refractivity contribution in [1.82, 2.24) is 10.2 Å². The fraction of sp³-hybridized carbons (Fsp3) is 0.429. The molecule has 0 aromatic heterocycles. The topological polar surface area (TPSA) is 80.3 Å². The van der Waals surface area contributed by atoms with Crippen LogP contribution in [0.2, 0.25) is 5.02 Å². The summed E-state index contributed by atoms with van der Waals surface area (Å²) in [5, 5.41) is 3.22. The Bertz CT molecular complexity index is 1490. The number of rotatable bonds is 12. The molecule has 0 spiro atoms. The molecule has 1 heterocycles. The summed E-state index contributed by atoms with van der Waals surface area (Å²) in [6, 6.07) is 17.1. The standard InChI is InChI=1S/C35H43ClFN3O5/c1-35(2,3)22-40-28-16-15-24(36)19-26(28)32(25-12-9-14-29(33(25)43-6)44-18-10-17-39(4)5)45-30(34(40)42)20-31(41)38-21-23-11-7-8-13-27(23)37/h7-9,11-16,19,30,32H,10,17-18,20-22H2,1-6H3,(H,38,41). The molecule has 0 aliphatic carbocycles. The zero-order chi connectivity index (χ0) is 32.7. The lowest BCUT2D eigenvalue weighted by molar-refractivity contribution is -0.138. The molecule has 0 saturated heterocycles. The molecule has 2 atom stereocenters. The van der Waals surface area contributed by atoms with Gasteiger partial charge < -0.3 is 29.3 Å². The average molecular weight is 640 g/mol. The highest BCUT2D eigenvalue weighted by atomic mass is 35.5. The van der Waals surface area contributed by atoms with Gasteiger partial charge in [0.25, 0.3) is 5.91 Å². The van der Waals surface area contributed by atoms with Gasteiger partial charge in [-0.2, -0.15) is 0 Å². The van der Waals surface area contributed by atoms with E-state index >= 15 is 0 Å². The zero-order valence-corrected chi connectivity index (χ0v) is 27.6. The molecule has 3 aromatic rings. The van der Waals surface area contributed by atoms with Gasteiger partial charge >= 0.3 is 0 Å². The summed E-state index contributed by atoms with van der Waals surface area (Å²) in [6.45, 7) is 7.81. The first-order valence-electron chi connectivity index (χ1n) is 15.1. The van der Waals surface area contributed by atoms with Gasteiger partial charge in [0.05, 0.1) is 20.1 Å². The van der Waals surface area contributed by atoms with Gasteiger partial charge in [-0.05, 0) is 56.3 Å². The Kier molecular flexibility index (Phi) is 11.5. The molecule has 2 unspecified atom stereocenters. The van der Waals surface area contributed by atoms with Crippen LogP contribution in [0.3, 0.4) is 0 Å². The minimum atomic E-state index is -1.15. The molecule has 4 rings (SSSR count). The SMILES string of the molecule is COc1c(OCCCN(C)C)cccc1C1OC(CC(=O)NCc2ccccc2F)C(=O)N(CC(C)(C)C)c2ccc(Cl)cc21. The number of halogens is 2. The molecule has 0 saturated carbocycles. The maximum absolute atomic E-state index is 14.2. The fourth-order valence-electron chi connectivity index (χ4n) is 5.29. The normalized spacial score (nSPS) is 16.7. The van der Waals surface area contributed by atoms with Crippen molar-refractivity contribution < 1.29 is 28.2 Å². The Morgan fingerprint density at radius 2 is 1.84 bits per heavy atom. The quantitative estimate of drug-likeness (QED) is 0.231. The van der Waals surface area contributed by atoms with Crippen LogP contribution in [0.1, 0.15) is 56.4 Å². The third-order valence-electron chi connectivity index (χ3n) is 7.34. The minimum Gasteiger partial charge on any atom is -0.492 e. The maximum Gasteiger partial charge on any atom is 0.256 e. The number of fused-ring (bicyclic) bond motifs is 1. The molecule has 1 aliphatic rings. The van der Waals surface area contributed by atoms with Crippen LogP contribution in [-0.4, -0.2) is 63.7 Å². The van der Waals surface area contributed by atoms with Gasteiger partial charge in [0.2, 0.25) is 5.91 Å². The second-order valence-corrected chi connectivity index (χ2v) is 13.1. The largest absolute Gasteiger partial charge is 0.492 e. The third kappa shape index (κ3) is 8.96. The van der Waals surface area contributed by atoms with E-state index < -0.39 is 23.9 Å². The van der Waals surface area contributed by atoms with Crippen LogP contribution in [-0.2, 0) is 20.9 Å². The summed E-state index contributed by atoms with van der Waals surface area (Å²) in [5.74, 6) is -0.202. The minimum absolute atomic E-state index is 0.0155. The number of carbonyl (C=O) groups excluding carboxylic acids is 2. The molecular formula is C35H43ClFN3O5. The van der Waals surface area contributed by atoms with E-state index in [1.165, 1.54) is 6.07 Å². The number of ether oxygens (including phenoxy) is 3. The molecule has 0 radical (unpaired) electrons. The molecule has 2 amide bonds. The number of para-hydroxylation sites is 1. The summed E-state index contributed by atoms with van der Waals surface area (Å²) in [4.78, 5) is 31.2. The third-order valence-corrected chi connectivity index (χ3v) is 7.58. The van der Waals surface area contributed by atoms with Gasteiger partial charge in [0, 0.05) is 47.0 Å². The Hall–Kier alpha value is -3.66. The van der Waals surface area contributed by atoms with Gasteiger partial charge in [-0.15, -0.1) is 0 Å². The van der Waals surface area contributed by atoms with Crippen LogP contribution < -0.4 is 19.7 Å². The average Bonchev–Trinajstić information content (AvgIpc) is 3.08. The molecular weight excluding hydrogens is 597 g/mol. The van der Waals surface area contributed by atoms with Crippen molar-refractivity contribution >= 4 is 29.1 Å². The first kappa shape index (κ1) is 34.2. The van der Waals surface area contributed by atoms with Crippen LogP contribution in [0.5, 0.6) is 11.5 Å². The molecule has 3 aromatic carbocycles. The number of amides is 2. The Morgan fingerprint density at radius 3 is 2.53 bits per heavy atom. The highest BCUT2D eigenvalue weighted by Crippen LogP contribution is 2.45. The van der Waals surface area contributed by atoms with Crippen LogP contribution in [0.15, 0.2) is 60.7 Å². The van der Waals surface area contributed by atoms with E-state index in [0.717, 1.165) is 13.0 Å². The molecule has 1 aliphatic heterocycles. The van der Waals surface area contributed by atoms with Crippen molar-refractivity contribution in [2.45, 2.75) is 52.4 Å². The molecule has 0 bridgehead atoms. The van der Waals surface area contributed by atoms with Gasteiger partial charge in [-0.3, -0.25) is 9.59 Å². The summed E-state index contributed by atoms with van der Waals surface area (Å²) < 4.78 is 32.8. The van der Waals surface area contributed by atoms with Crippen molar-refractivity contribution in [3.63, 3.8) is 0 Å². The first-order chi connectivity index (χ1) is 21.4. The number of methoxy groups -OCH3 is 1. The van der Waals surface area contributed by atoms with Gasteiger partial charge in [-0.1, -0.05) is 62.7 Å². The summed E-state index contributed by atoms with van der Waals surface area (Å²) >= 11 is 6.53. The van der Waals surface area contributed by atoms with Gasteiger partial charge in [-0.25, -0.2) is 4.39 Å². The lowest BCUT2D eigenvalue weighted by atomic mass is 9.94. The summed E-state index contributed by atoms with van der Waals surface area (Å²) in [7, 11) is 5.58. The Morgan fingerprint density at radius 1 is 1.09 bits per heavy atom.